The Balaban J connectivity index is 1.46. The van der Waals surface area contributed by atoms with Crippen molar-refractivity contribution in [2.45, 2.75) is 13.0 Å². The second-order valence-electron chi connectivity index (χ2n) is 7.28. The molecule has 1 aliphatic heterocycles. The average molecular weight is 387 g/mol. The van der Waals surface area contributed by atoms with Gasteiger partial charge < -0.3 is 13.9 Å². The zero-order valence-electron chi connectivity index (χ0n) is 16.2. The predicted octanol–water partition coefficient (Wildman–Crippen LogP) is 4.35. The molecule has 5 heteroatoms. The van der Waals surface area contributed by atoms with Crippen LogP contribution in [0.3, 0.4) is 0 Å². The van der Waals surface area contributed by atoms with Crippen molar-refractivity contribution < 1.29 is 13.9 Å². The molecule has 29 heavy (non-hydrogen) atoms. The lowest BCUT2D eigenvalue weighted by molar-refractivity contribution is 0.0968. The lowest BCUT2D eigenvalue weighted by atomic mass is 10.0. The van der Waals surface area contributed by atoms with E-state index in [2.05, 4.69) is 17.0 Å². The minimum absolute atomic E-state index is 0.310. The fraction of sp³-hybridized carbons (Fsp3) is 0.208. The first-order valence-corrected chi connectivity index (χ1v) is 9.68. The summed E-state index contributed by atoms with van der Waals surface area (Å²) in [6, 6.07) is 19.6. The molecule has 146 valence electrons. The highest BCUT2D eigenvalue weighted by atomic mass is 16.5. The van der Waals surface area contributed by atoms with Crippen LogP contribution in [0.2, 0.25) is 0 Å². The fourth-order valence-electron chi connectivity index (χ4n) is 3.96. The van der Waals surface area contributed by atoms with Crippen molar-refractivity contribution in [3.63, 3.8) is 0 Å². The van der Waals surface area contributed by atoms with Crippen LogP contribution < -0.4 is 15.1 Å². The molecule has 0 amide bonds. The van der Waals surface area contributed by atoms with Gasteiger partial charge in [0.25, 0.3) is 0 Å². The molecule has 0 radical (unpaired) electrons. The van der Waals surface area contributed by atoms with Gasteiger partial charge in [0.05, 0.1) is 18.1 Å². The molecule has 0 saturated carbocycles. The first-order chi connectivity index (χ1) is 14.2. The molecule has 0 unspecified atom stereocenters. The summed E-state index contributed by atoms with van der Waals surface area (Å²) in [5, 5.41) is 2.46. The van der Waals surface area contributed by atoms with E-state index in [9.17, 15) is 4.79 Å². The van der Waals surface area contributed by atoms with Crippen molar-refractivity contribution in [1.82, 2.24) is 4.90 Å². The number of nitrogens with zero attached hydrogens (tertiary/aromatic N) is 1. The Hall–Kier alpha value is -3.31. The van der Waals surface area contributed by atoms with Crippen LogP contribution in [0.5, 0.6) is 11.5 Å². The molecule has 4 aromatic rings. The highest BCUT2D eigenvalue weighted by molar-refractivity contribution is 6.05. The third-order valence-corrected chi connectivity index (χ3v) is 5.48. The Morgan fingerprint density at radius 3 is 2.72 bits per heavy atom. The summed E-state index contributed by atoms with van der Waals surface area (Å²) in [6.07, 6.45) is 0.882. The second-order valence-corrected chi connectivity index (χ2v) is 7.28. The summed E-state index contributed by atoms with van der Waals surface area (Å²) in [5.41, 5.74) is 2.46. The molecular formula is C24H21NO4. The maximum Gasteiger partial charge on any atom is 0.344 e. The van der Waals surface area contributed by atoms with Crippen LogP contribution in [0, 0.1) is 0 Å². The predicted molar refractivity (Wildman–Crippen MR) is 113 cm³/mol. The minimum Gasteiger partial charge on any atom is -0.497 e. The topological polar surface area (TPSA) is 51.9 Å². The Morgan fingerprint density at radius 2 is 1.86 bits per heavy atom. The Kier molecular flexibility index (Phi) is 4.45. The van der Waals surface area contributed by atoms with E-state index in [-0.39, 0.29) is 5.63 Å². The molecule has 0 saturated heterocycles. The summed E-state index contributed by atoms with van der Waals surface area (Å²) in [5.74, 6) is 1.65. The average Bonchev–Trinajstić information content (AvgIpc) is 2.78. The molecule has 5 rings (SSSR count). The number of benzene rings is 3. The van der Waals surface area contributed by atoms with E-state index in [1.54, 1.807) is 13.2 Å². The van der Waals surface area contributed by atoms with Gasteiger partial charge in [-0.3, -0.25) is 4.90 Å². The number of hydrogen-bond donors (Lipinski definition) is 0. The van der Waals surface area contributed by atoms with Crippen molar-refractivity contribution >= 4 is 21.7 Å². The maximum atomic E-state index is 12.5. The molecular weight excluding hydrogens is 366 g/mol. The SMILES string of the molecule is COc1cccc(CCN2COc3ccc4c(oc(=O)c5ccccc54)c3C2)c1. The standard InChI is InChI=1S/C24H21NO4/c1-27-17-6-4-5-16(13-17)11-12-25-14-21-22(28-15-25)10-9-19-18-7-2-3-8-20(18)24(26)29-23(19)21/h2-10,13H,11-12,14-15H2,1H3. The van der Waals surface area contributed by atoms with Crippen LogP contribution in [0.25, 0.3) is 21.7 Å². The number of methoxy groups -OCH3 is 1. The zero-order valence-corrected chi connectivity index (χ0v) is 16.2. The van der Waals surface area contributed by atoms with Crippen LogP contribution in [0.15, 0.2) is 69.9 Å². The van der Waals surface area contributed by atoms with Gasteiger partial charge in [-0.05, 0) is 47.7 Å². The van der Waals surface area contributed by atoms with Gasteiger partial charge in [-0.1, -0.05) is 30.3 Å². The zero-order chi connectivity index (χ0) is 19.8. The van der Waals surface area contributed by atoms with E-state index >= 15 is 0 Å². The Morgan fingerprint density at radius 1 is 1.00 bits per heavy atom. The van der Waals surface area contributed by atoms with Gasteiger partial charge in [0.15, 0.2) is 0 Å². The van der Waals surface area contributed by atoms with E-state index in [4.69, 9.17) is 13.9 Å². The lowest BCUT2D eigenvalue weighted by Crippen LogP contribution is -2.33. The van der Waals surface area contributed by atoms with Gasteiger partial charge in [0, 0.05) is 18.5 Å². The van der Waals surface area contributed by atoms with E-state index in [1.807, 2.05) is 42.5 Å². The summed E-state index contributed by atoms with van der Waals surface area (Å²) in [7, 11) is 1.68. The van der Waals surface area contributed by atoms with Crippen molar-refractivity contribution in [2.24, 2.45) is 0 Å². The molecule has 0 bridgehead atoms. The first-order valence-electron chi connectivity index (χ1n) is 9.68. The number of ether oxygens (including phenoxy) is 2. The van der Waals surface area contributed by atoms with Gasteiger partial charge in [-0.25, -0.2) is 4.79 Å². The van der Waals surface area contributed by atoms with E-state index in [0.717, 1.165) is 40.8 Å². The molecule has 0 aliphatic carbocycles. The molecule has 1 aliphatic rings. The van der Waals surface area contributed by atoms with Crippen LogP contribution >= 0.6 is 0 Å². The van der Waals surface area contributed by atoms with Crippen molar-refractivity contribution in [3.8, 4) is 11.5 Å². The highest BCUT2D eigenvalue weighted by Crippen LogP contribution is 2.34. The lowest BCUT2D eigenvalue weighted by Gasteiger charge is -2.29. The normalized spacial score (nSPS) is 14.0. The summed E-state index contributed by atoms with van der Waals surface area (Å²) >= 11 is 0. The first kappa shape index (κ1) is 17.8. The molecule has 0 N–H and O–H groups in total. The molecule has 2 heterocycles. The molecule has 0 atom stereocenters. The van der Waals surface area contributed by atoms with Crippen LogP contribution in [0.4, 0.5) is 0 Å². The summed E-state index contributed by atoms with van der Waals surface area (Å²) in [6.45, 7) is 2.03. The van der Waals surface area contributed by atoms with Crippen LogP contribution in [0.1, 0.15) is 11.1 Å². The molecule has 3 aromatic carbocycles. The van der Waals surface area contributed by atoms with Gasteiger partial charge >= 0.3 is 5.63 Å². The maximum absolute atomic E-state index is 12.5. The number of rotatable bonds is 4. The fourth-order valence-corrected chi connectivity index (χ4v) is 3.96. The van der Waals surface area contributed by atoms with Crippen molar-refractivity contribution in [1.29, 1.82) is 0 Å². The molecule has 5 nitrogen and oxygen atoms in total. The Labute approximate surface area is 168 Å². The quantitative estimate of drug-likeness (QED) is 0.385. The van der Waals surface area contributed by atoms with Gasteiger partial charge in [-0.15, -0.1) is 0 Å². The van der Waals surface area contributed by atoms with Crippen LogP contribution in [-0.4, -0.2) is 25.3 Å². The molecule has 0 spiro atoms. The van der Waals surface area contributed by atoms with Gasteiger partial charge in [-0.2, -0.15) is 0 Å². The van der Waals surface area contributed by atoms with Crippen molar-refractivity contribution in [3.05, 3.63) is 82.2 Å². The number of hydrogen-bond acceptors (Lipinski definition) is 5. The van der Waals surface area contributed by atoms with Crippen LogP contribution in [-0.2, 0) is 13.0 Å². The van der Waals surface area contributed by atoms with E-state index in [0.29, 0.717) is 24.2 Å². The largest absolute Gasteiger partial charge is 0.497 e. The summed E-state index contributed by atoms with van der Waals surface area (Å²) in [4.78, 5) is 14.7. The third-order valence-electron chi connectivity index (χ3n) is 5.48. The van der Waals surface area contributed by atoms with Crippen molar-refractivity contribution in [2.75, 3.05) is 20.4 Å². The van der Waals surface area contributed by atoms with Gasteiger partial charge in [0.2, 0.25) is 0 Å². The third kappa shape index (κ3) is 3.23. The second kappa shape index (κ2) is 7.26. The smallest absolute Gasteiger partial charge is 0.344 e. The van der Waals surface area contributed by atoms with E-state index in [1.165, 1.54) is 5.56 Å². The van der Waals surface area contributed by atoms with E-state index < -0.39 is 0 Å². The molecule has 0 fully saturated rings. The number of fused-ring (bicyclic) bond motifs is 5. The Bertz CT molecular complexity index is 1260. The minimum atomic E-state index is -0.310. The summed E-state index contributed by atoms with van der Waals surface area (Å²) < 4.78 is 17.0. The highest BCUT2D eigenvalue weighted by Gasteiger charge is 2.22. The molecule has 1 aromatic heterocycles. The monoisotopic (exact) mass is 387 g/mol. The van der Waals surface area contributed by atoms with Gasteiger partial charge in [0.1, 0.15) is 23.8 Å².